The van der Waals surface area contributed by atoms with E-state index < -0.39 is 31.7 Å². The van der Waals surface area contributed by atoms with Crippen LogP contribution < -0.4 is 20.7 Å². The molecule has 0 radical (unpaired) electrons. The molecule has 31 heavy (non-hydrogen) atoms. The Kier molecular flexibility index (Phi) is 7.05. The van der Waals surface area contributed by atoms with Gasteiger partial charge in [-0.3, -0.25) is 0 Å². The molecule has 4 aromatic carbocycles. The predicted octanol–water partition coefficient (Wildman–Crippen LogP) is 1.77. The Balaban J connectivity index is 1.67. The normalized spacial score (nSPS) is 11.7. The van der Waals surface area contributed by atoms with Crippen LogP contribution in [-0.4, -0.2) is 18.1 Å². The molecule has 4 nitrogen and oxygen atoms in total. The summed E-state index contributed by atoms with van der Waals surface area (Å²) in [5.74, 6) is 0. The van der Waals surface area contributed by atoms with Gasteiger partial charge in [0.15, 0.2) is 0 Å². The van der Waals surface area contributed by atoms with Crippen molar-refractivity contribution in [3.8, 4) is 0 Å². The summed E-state index contributed by atoms with van der Waals surface area (Å²) in [7, 11) is -4.96. The summed E-state index contributed by atoms with van der Waals surface area (Å²) in [6.07, 6.45) is 0. The first-order valence-electron chi connectivity index (χ1n) is 9.94. The predicted molar refractivity (Wildman–Crippen MR) is 122 cm³/mol. The van der Waals surface area contributed by atoms with Gasteiger partial charge in [0.1, 0.15) is 0 Å². The van der Waals surface area contributed by atoms with Crippen LogP contribution in [0.25, 0.3) is 0 Å². The molecule has 0 N–H and O–H groups in total. The van der Waals surface area contributed by atoms with Gasteiger partial charge in [-0.25, -0.2) is 0 Å². The fourth-order valence-corrected chi connectivity index (χ4v) is 12.5. The first-order chi connectivity index (χ1) is 15.1. The van der Waals surface area contributed by atoms with Gasteiger partial charge in [-0.2, -0.15) is 0 Å². The average Bonchev–Trinajstić information content (AvgIpc) is 2.83. The second kappa shape index (κ2) is 10.1. The summed E-state index contributed by atoms with van der Waals surface area (Å²) < 4.78 is 38.2. The molecule has 0 bridgehead atoms. The first kappa shape index (κ1) is 21.6. The van der Waals surface area contributed by atoms with Crippen molar-refractivity contribution < 1.29 is 28.2 Å². The van der Waals surface area contributed by atoms with Crippen molar-refractivity contribution in [3.63, 3.8) is 0 Å². The quantitative estimate of drug-likeness (QED) is 0.359. The summed E-state index contributed by atoms with van der Waals surface area (Å²) in [6, 6.07) is 38.1. The van der Waals surface area contributed by atoms with Gasteiger partial charge in [-0.05, 0) is 0 Å². The van der Waals surface area contributed by atoms with Gasteiger partial charge in [-0.15, -0.1) is 0 Å². The van der Waals surface area contributed by atoms with Crippen LogP contribution in [0.3, 0.4) is 0 Å². The van der Waals surface area contributed by atoms with Crippen molar-refractivity contribution in [2.24, 2.45) is 0 Å². The van der Waals surface area contributed by atoms with Crippen LogP contribution in [0, 0.1) is 0 Å². The fourth-order valence-electron chi connectivity index (χ4n) is 3.38. The Bertz CT molecular complexity index is 1020. The summed E-state index contributed by atoms with van der Waals surface area (Å²) in [5, 5.41) is 3.57. The van der Waals surface area contributed by atoms with Crippen molar-refractivity contribution >= 4 is 38.8 Å². The van der Waals surface area contributed by atoms with Crippen LogP contribution in [-0.2, 0) is 28.2 Å². The van der Waals surface area contributed by atoms with Gasteiger partial charge in [0.25, 0.3) is 0 Å². The zero-order valence-corrected chi connectivity index (χ0v) is 20.3. The van der Waals surface area contributed by atoms with Gasteiger partial charge in [0, 0.05) is 0 Å². The van der Waals surface area contributed by atoms with Crippen LogP contribution in [0.5, 0.6) is 0 Å². The Morgan fingerprint density at radius 1 is 0.419 bits per heavy atom. The third-order valence-electron chi connectivity index (χ3n) is 4.84. The third-order valence-corrected chi connectivity index (χ3v) is 13.7. The molecule has 0 saturated carbocycles. The van der Waals surface area contributed by atoms with Gasteiger partial charge in [0.2, 0.25) is 0 Å². The van der Waals surface area contributed by atoms with Crippen LogP contribution in [0.15, 0.2) is 121 Å². The molecule has 0 saturated heterocycles. The van der Waals surface area contributed by atoms with E-state index in [0.29, 0.717) is 0 Å². The topological polar surface area (TPSA) is 52.6 Å². The Labute approximate surface area is 188 Å². The van der Waals surface area contributed by atoms with Crippen LogP contribution >= 0.6 is 0 Å². The summed E-state index contributed by atoms with van der Waals surface area (Å²) in [6.45, 7) is 0. The molecule has 4 rings (SSSR count). The van der Waals surface area contributed by atoms with E-state index in [4.69, 9.17) is 6.96 Å². The number of hydrogen-bond acceptors (Lipinski definition) is 4. The number of hydrogen-bond donors (Lipinski definition) is 0. The average molecular weight is 483 g/mol. The molecule has 7 heteroatoms. The zero-order chi connectivity index (χ0) is 21.5. The van der Waals surface area contributed by atoms with Gasteiger partial charge < -0.3 is 0 Å². The molecule has 0 unspecified atom stereocenters. The summed E-state index contributed by atoms with van der Waals surface area (Å²) >= 11 is -5.15. The van der Waals surface area contributed by atoms with Crippen molar-refractivity contribution in [1.29, 1.82) is 0 Å². The zero-order valence-electron chi connectivity index (χ0n) is 16.7. The van der Waals surface area contributed by atoms with E-state index in [-0.39, 0.29) is 0 Å². The van der Waals surface area contributed by atoms with Crippen molar-refractivity contribution in [2.45, 2.75) is 0 Å². The molecule has 0 amide bonds. The maximum atomic E-state index is 13.2. The van der Waals surface area contributed by atoms with Crippen LogP contribution in [0.4, 0.5) is 0 Å². The molecule has 0 fully saturated rings. The Morgan fingerprint density at radius 2 is 0.645 bits per heavy atom. The van der Waals surface area contributed by atoms with Crippen LogP contribution in [0.2, 0.25) is 0 Å². The molecular formula is C24H22CrO4Si2. The SMILES string of the molecule is [O]=[Cr](=[O])([O][SiH](c1ccccc1)c1ccccc1)[O][SiH](c1ccccc1)c1ccccc1. The molecular weight excluding hydrogens is 460 g/mol. The van der Waals surface area contributed by atoms with Crippen LogP contribution in [0.1, 0.15) is 0 Å². The first-order valence-corrected chi connectivity index (χ1v) is 15.3. The number of benzene rings is 4. The fraction of sp³-hybridized carbons (Fsp3) is 0. The summed E-state index contributed by atoms with van der Waals surface area (Å²) in [4.78, 5) is 0. The van der Waals surface area contributed by atoms with Crippen molar-refractivity contribution in [3.05, 3.63) is 121 Å². The maximum absolute atomic E-state index is 13.2. The Hall–Kier alpha value is -2.63. The minimum atomic E-state index is -5.15. The molecule has 0 aliphatic carbocycles. The van der Waals surface area contributed by atoms with E-state index >= 15 is 0 Å². The Morgan fingerprint density at radius 3 is 0.871 bits per heavy atom. The van der Waals surface area contributed by atoms with E-state index in [1.807, 2.05) is 121 Å². The van der Waals surface area contributed by atoms with Gasteiger partial charge in [-0.1, -0.05) is 0 Å². The second-order valence-corrected chi connectivity index (χ2v) is 14.7. The number of rotatable bonds is 8. The monoisotopic (exact) mass is 482 g/mol. The minimum absolute atomic E-state index is 0.892. The van der Waals surface area contributed by atoms with E-state index in [0.717, 1.165) is 20.7 Å². The molecule has 0 aromatic heterocycles. The molecule has 0 spiro atoms. The van der Waals surface area contributed by atoms with E-state index in [1.54, 1.807) is 0 Å². The van der Waals surface area contributed by atoms with E-state index in [1.165, 1.54) is 0 Å². The van der Waals surface area contributed by atoms with E-state index in [2.05, 4.69) is 0 Å². The molecule has 0 heterocycles. The molecule has 156 valence electrons. The summed E-state index contributed by atoms with van der Waals surface area (Å²) in [5.41, 5.74) is 0. The van der Waals surface area contributed by atoms with Crippen molar-refractivity contribution in [2.75, 3.05) is 0 Å². The molecule has 0 aliphatic heterocycles. The third kappa shape index (κ3) is 5.74. The van der Waals surface area contributed by atoms with Gasteiger partial charge in [0.05, 0.1) is 0 Å². The molecule has 0 atom stereocenters. The van der Waals surface area contributed by atoms with Crippen molar-refractivity contribution in [1.82, 2.24) is 0 Å². The molecule has 4 aromatic rings. The standard InChI is InChI=1S/2C12H11OSi.Cr.2O/c2*13-14(11-7-3-1-4-8-11)12-9-5-2-6-10-12;;;/h2*1-10,14H;;;/q2*-1;+2;;. The molecule has 0 aliphatic rings. The second-order valence-electron chi connectivity index (χ2n) is 7.00. The van der Waals surface area contributed by atoms with E-state index in [9.17, 15) is 7.61 Å². The van der Waals surface area contributed by atoms with Gasteiger partial charge >= 0.3 is 188 Å².